The second-order valence-electron chi connectivity index (χ2n) is 4.91. The monoisotopic (exact) mass is 332 g/mol. The first kappa shape index (κ1) is 17.1. The van der Waals surface area contributed by atoms with Crippen molar-refractivity contribution in [3.63, 3.8) is 0 Å². The van der Waals surface area contributed by atoms with Crippen LogP contribution in [0.15, 0.2) is 36.9 Å². The Balaban J connectivity index is 2.01. The first-order valence-electron chi connectivity index (χ1n) is 7.07. The van der Waals surface area contributed by atoms with E-state index < -0.39 is 23.8 Å². The Labute approximate surface area is 137 Å². The average Bonchev–Trinajstić information content (AvgIpc) is 3.09. The maximum absolute atomic E-state index is 12.1. The fourth-order valence-electron chi connectivity index (χ4n) is 2.01. The summed E-state index contributed by atoms with van der Waals surface area (Å²) in [5.74, 6) is -3.88. The lowest BCUT2D eigenvalue weighted by Gasteiger charge is -2.12. The van der Waals surface area contributed by atoms with Crippen molar-refractivity contribution in [2.45, 2.75) is 12.8 Å². The number of benzene rings is 1. The Bertz CT molecular complexity index is 712. The Morgan fingerprint density at radius 2 is 1.83 bits per heavy atom. The molecule has 0 radical (unpaired) electrons. The van der Waals surface area contributed by atoms with Gasteiger partial charge < -0.3 is 15.2 Å². The third-order valence-corrected chi connectivity index (χ3v) is 3.33. The van der Waals surface area contributed by atoms with Gasteiger partial charge in [-0.15, -0.1) is 10.2 Å². The minimum Gasteiger partial charge on any atom is -0.481 e. The van der Waals surface area contributed by atoms with E-state index in [2.05, 4.69) is 20.3 Å². The second-order valence-corrected chi connectivity index (χ2v) is 4.91. The molecule has 0 saturated carbocycles. The summed E-state index contributed by atoms with van der Waals surface area (Å²) in [5.41, 5.74) is 1.24. The summed E-state index contributed by atoms with van der Waals surface area (Å²) in [5, 5.41) is 19.1. The fraction of sp³-hybridized carbons (Fsp3) is 0.267. The molecule has 1 heterocycles. The largest absolute Gasteiger partial charge is 0.481 e. The SMILES string of the molecule is COC(=O)CC[C@H](C(=O)O)C(=O)Nc1ccc(-n2cnnc2)cc1. The van der Waals surface area contributed by atoms with E-state index in [4.69, 9.17) is 5.11 Å². The molecule has 9 heteroatoms. The van der Waals surface area contributed by atoms with Crippen LogP contribution in [0.2, 0.25) is 0 Å². The van der Waals surface area contributed by atoms with Crippen LogP contribution in [0.25, 0.3) is 5.69 Å². The van der Waals surface area contributed by atoms with Crippen LogP contribution in [0.3, 0.4) is 0 Å². The number of amides is 1. The Kier molecular flexibility index (Phi) is 5.61. The molecule has 0 unspecified atom stereocenters. The zero-order valence-corrected chi connectivity index (χ0v) is 12.9. The van der Waals surface area contributed by atoms with Crippen LogP contribution in [-0.4, -0.2) is 44.8 Å². The topological polar surface area (TPSA) is 123 Å². The summed E-state index contributed by atoms with van der Waals surface area (Å²) in [6, 6.07) is 6.71. The number of hydrogen-bond donors (Lipinski definition) is 2. The number of aliphatic carboxylic acids is 1. The van der Waals surface area contributed by atoms with E-state index in [0.29, 0.717) is 5.69 Å². The van der Waals surface area contributed by atoms with Crippen molar-refractivity contribution >= 4 is 23.5 Å². The van der Waals surface area contributed by atoms with Gasteiger partial charge in [-0.05, 0) is 30.7 Å². The highest BCUT2D eigenvalue weighted by Gasteiger charge is 2.27. The van der Waals surface area contributed by atoms with Gasteiger partial charge in [0.15, 0.2) is 0 Å². The van der Waals surface area contributed by atoms with Crippen molar-refractivity contribution < 1.29 is 24.2 Å². The summed E-state index contributed by atoms with van der Waals surface area (Å²) in [6.07, 6.45) is 2.78. The lowest BCUT2D eigenvalue weighted by molar-refractivity contribution is -0.146. The predicted molar refractivity (Wildman–Crippen MR) is 82.4 cm³/mol. The molecule has 2 N–H and O–H groups in total. The quantitative estimate of drug-likeness (QED) is 0.569. The number of rotatable bonds is 7. The first-order chi connectivity index (χ1) is 11.5. The maximum atomic E-state index is 12.1. The maximum Gasteiger partial charge on any atom is 0.316 e. The molecule has 1 aromatic heterocycles. The van der Waals surface area contributed by atoms with Crippen LogP contribution >= 0.6 is 0 Å². The highest BCUT2D eigenvalue weighted by atomic mass is 16.5. The van der Waals surface area contributed by atoms with Crippen molar-refractivity contribution in [1.29, 1.82) is 0 Å². The molecular weight excluding hydrogens is 316 g/mol. The molecule has 126 valence electrons. The number of nitrogens with zero attached hydrogens (tertiary/aromatic N) is 3. The van der Waals surface area contributed by atoms with Crippen molar-refractivity contribution in [2.24, 2.45) is 5.92 Å². The third kappa shape index (κ3) is 4.38. The second kappa shape index (κ2) is 7.86. The lowest BCUT2D eigenvalue weighted by atomic mass is 10.0. The highest BCUT2D eigenvalue weighted by Crippen LogP contribution is 2.16. The Morgan fingerprint density at radius 1 is 1.21 bits per heavy atom. The number of carbonyl (C=O) groups excluding carboxylic acids is 2. The fourth-order valence-corrected chi connectivity index (χ4v) is 2.01. The predicted octanol–water partition coefficient (Wildman–Crippen LogP) is 0.860. The van der Waals surface area contributed by atoms with Crippen molar-refractivity contribution in [3.05, 3.63) is 36.9 Å². The molecule has 0 aliphatic rings. The molecule has 2 aromatic rings. The molecule has 0 fully saturated rings. The molecule has 9 nitrogen and oxygen atoms in total. The van der Waals surface area contributed by atoms with Gasteiger partial charge in [0.25, 0.3) is 0 Å². The minimum atomic E-state index is -1.33. The highest BCUT2D eigenvalue weighted by molar-refractivity contribution is 6.04. The summed E-state index contributed by atoms with van der Waals surface area (Å²) >= 11 is 0. The van der Waals surface area contributed by atoms with Gasteiger partial charge in [-0.25, -0.2) is 0 Å². The van der Waals surface area contributed by atoms with Gasteiger partial charge in [0, 0.05) is 17.8 Å². The van der Waals surface area contributed by atoms with Crippen LogP contribution in [0, 0.1) is 5.92 Å². The van der Waals surface area contributed by atoms with Gasteiger partial charge in [0.05, 0.1) is 7.11 Å². The molecule has 1 aromatic carbocycles. The molecule has 2 rings (SSSR count). The van der Waals surface area contributed by atoms with E-state index >= 15 is 0 Å². The molecule has 0 saturated heterocycles. The molecule has 0 spiro atoms. The van der Waals surface area contributed by atoms with Gasteiger partial charge in [-0.2, -0.15) is 0 Å². The van der Waals surface area contributed by atoms with Crippen molar-refractivity contribution in [2.75, 3.05) is 12.4 Å². The molecule has 1 amide bonds. The smallest absolute Gasteiger partial charge is 0.316 e. The number of carboxylic acids is 1. The number of nitrogens with one attached hydrogen (secondary N) is 1. The summed E-state index contributed by atoms with van der Waals surface area (Å²) in [6.45, 7) is 0. The number of hydrogen-bond acceptors (Lipinski definition) is 6. The number of methoxy groups -OCH3 is 1. The Hall–Kier alpha value is -3.23. The van der Waals surface area contributed by atoms with E-state index in [1.807, 2.05) is 0 Å². The zero-order valence-electron chi connectivity index (χ0n) is 12.9. The van der Waals surface area contributed by atoms with Gasteiger partial charge in [0.1, 0.15) is 18.6 Å². The molecular formula is C15H16N4O5. The van der Waals surface area contributed by atoms with E-state index in [0.717, 1.165) is 5.69 Å². The van der Waals surface area contributed by atoms with Crippen LogP contribution in [0.5, 0.6) is 0 Å². The Morgan fingerprint density at radius 3 is 2.38 bits per heavy atom. The minimum absolute atomic E-state index is 0.132. The van der Waals surface area contributed by atoms with Crippen molar-refractivity contribution in [1.82, 2.24) is 14.8 Å². The molecule has 1 atom stereocenters. The number of ether oxygens (including phenoxy) is 1. The normalized spacial score (nSPS) is 11.5. The van der Waals surface area contributed by atoms with E-state index in [9.17, 15) is 14.4 Å². The summed E-state index contributed by atoms with van der Waals surface area (Å²) in [7, 11) is 1.20. The van der Waals surface area contributed by atoms with E-state index in [1.54, 1.807) is 28.8 Å². The van der Waals surface area contributed by atoms with Crippen LogP contribution in [-0.2, 0) is 19.1 Å². The number of esters is 1. The summed E-state index contributed by atoms with van der Waals surface area (Å²) in [4.78, 5) is 34.4. The van der Waals surface area contributed by atoms with Gasteiger partial charge in [-0.3, -0.25) is 19.0 Å². The molecule has 0 bridgehead atoms. The third-order valence-electron chi connectivity index (χ3n) is 3.33. The standard InChI is InChI=1S/C15H16N4O5/c1-24-13(20)7-6-12(15(22)23)14(21)18-10-2-4-11(5-3-10)19-8-16-17-9-19/h2-5,8-9,12H,6-7H2,1H3,(H,18,21)(H,22,23)/t12-/m0/s1. The molecule has 24 heavy (non-hydrogen) atoms. The zero-order chi connectivity index (χ0) is 17.5. The van der Waals surface area contributed by atoms with Crippen molar-refractivity contribution in [3.8, 4) is 5.69 Å². The number of carbonyl (C=O) groups is 3. The van der Waals surface area contributed by atoms with Gasteiger partial charge in [0.2, 0.25) is 5.91 Å². The van der Waals surface area contributed by atoms with Gasteiger partial charge >= 0.3 is 11.9 Å². The molecule has 0 aliphatic carbocycles. The molecule has 0 aliphatic heterocycles. The van der Waals surface area contributed by atoms with E-state index in [1.165, 1.54) is 19.8 Å². The lowest BCUT2D eigenvalue weighted by Crippen LogP contribution is -2.30. The summed E-state index contributed by atoms with van der Waals surface area (Å²) < 4.78 is 6.13. The van der Waals surface area contributed by atoms with E-state index in [-0.39, 0.29) is 12.8 Å². The first-order valence-corrected chi connectivity index (χ1v) is 7.07. The van der Waals surface area contributed by atoms with Crippen LogP contribution in [0.4, 0.5) is 5.69 Å². The number of anilines is 1. The number of aromatic nitrogens is 3. The van der Waals surface area contributed by atoms with Crippen LogP contribution < -0.4 is 5.32 Å². The number of carboxylic acid groups (broad SMARTS) is 1. The average molecular weight is 332 g/mol. The van der Waals surface area contributed by atoms with Crippen LogP contribution in [0.1, 0.15) is 12.8 Å². The van der Waals surface area contributed by atoms with Gasteiger partial charge in [-0.1, -0.05) is 0 Å².